The predicted octanol–water partition coefficient (Wildman–Crippen LogP) is -0.855. The molecule has 3 amide bonds. The van der Waals surface area contributed by atoms with E-state index in [0.717, 1.165) is 0 Å². The monoisotopic (exact) mass is 681 g/mol. The van der Waals surface area contributed by atoms with Gasteiger partial charge in [-0.25, -0.2) is 19.8 Å². The van der Waals surface area contributed by atoms with Crippen LogP contribution >= 0.6 is 0 Å². The smallest absolute Gasteiger partial charge is 0.326 e. The number of carbonyl (C=O) groups excluding carboxylic acids is 4. The first-order chi connectivity index (χ1) is 23.2. The molecule has 19 heteroatoms. The number of fused-ring (bicyclic) bond motifs is 1. The molecule has 2 heterocycles. The average Bonchev–Trinajstić information content (AvgIpc) is 3.03. The Labute approximate surface area is 280 Å². The van der Waals surface area contributed by atoms with E-state index in [1.165, 1.54) is 18.3 Å². The molecule has 1 aromatic heterocycles. The largest absolute Gasteiger partial charge is 0.481 e. The molecule has 12 N–H and O–H groups in total. The molecule has 0 saturated heterocycles. The number of aromatic nitrogens is 2. The minimum absolute atomic E-state index is 0.0332. The molecule has 0 fully saturated rings. The number of hydrogen-bond donors (Lipinski definition) is 9. The van der Waals surface area contributed by atoms with Gasteiger partial charge in [-0.15, -0.1) is 0 Å². The van der Waals surface area contributed by atoms with Crippen LogP contribution in [0.15, 0.2) is 40.4 Å². The summed E-state index contributed by atoms with van der Waals surface area (Å²) in [5.41, 5.74) is 17.5. The maximum absolute atomic E-state index is 12.8. The summed E-state index contributed by atoms with van der Waals surface area (Å²) in [5.74, 6) is -4.95. The molecule has 19 nitrogen and oxygen atoms in total. The Hall–Kier alpha value is -6.14. The van der Waals surface area contributed by atoms with Crippen molar-refractivity contribution in [1.29, 1.82) is 0 Å². The van der Waals surface area contributed by atoms with E-state index in [1.54, 1.807) is 19.1 Å². The highest BCUT2D eigenvalue weighted by Crippen LogP contribution is 2.21. The molecule has 0 bridgehead atoms. The van der Waals surface area contributed by atoms with E-state index >= 15 is 0 Å². The van der Waals surface area contributed by atoms with Gasteiger partial charge in [-0.2, -0.15) is 0 Å². The quantitative estimate of drug-likeness (QED) is 0.0526. The molecule has 3 unspecified atom stereocenters. The van der Waals surface area contributed by atoms with Crippen LogP contribution in [0.4, 0.5) is 11.5 Å². The van der Waals surface area contributed by atoms with Crippen molar-refractivity contribution in [2.24, 2.45) is 27.2 Å². The number of amides is 3. The summed E-state index contributed by atoms with van der Waals surface area (Å²) in [6.45, 7) is 2.24. The highest BCUT2D eigenvalue weighted by Gasteiger charge is 2.27. The molecule has 49 heavy (non-hydrogen) atoms. The van der Waals surface area contributed by atoms with Gasteiger partial charge in [0.05, 0.1) is 31.3 Å². The second-order valence-corrected chi connectivity index (χ2v) is 11.1. The topological polar surface area (TPSA) is 320 Å². The maximum atomic E-state index is 12.8. The minimum Gasteiger partial charge on any atom is -0.481 e. The molecular formula is C30H39N11O8. The lowest BCUT2D eigenvalue weighted by molar-refractivity contribution is -0.140. The first kappa shape index (κ1) is 37.3. The number of nitrogens with two attached hydrogens (primary N) is 3. The van der Waals surface area contributed by atoms with Crippen LogP contribution in [0.3, 0.4) is 0 Å². The van der Waals surface area contributed by atoms with Crippen LogP contribution < -0.4 is 38.5 Å². The number of carbonyl (C=O) groups is 6. The standard InChI is InChI=1S/C30H39N11O8/c1-15(3-2-10-34-30(32)33)37-28(47)20(11-24(44)45)39-23(43)9-8-19(29(48)49)40-27(46)16-4-6-17(7-5-16)35-13-18-14-36-26-25(38-18)21(42)12-22(31)41-26/h4-7,14-15,19-20,35H,2-3,8-13H2,1H3,(H,37,47)(H,39,43)(H,40,46)(H,44,45)(H,48,49)(H2,31,36,41)(H4,32,33,34). The molecule has 0 aliphatic carbocycles. The second-order valence-electron chi connectivity index (χ2n) is 11.1. The second kappa shape index (κ2) is 17.7. The van der Waals surface area contributed by atoms with E-state index in [-0.39, 0.29) is 60.1 Å². The van der Waals surface area contributed by atoms with Crippen LogP contribution in [0.1, 0.15) is 72.0 Å². The van der Waals surface area contributed by atoms with Crippen LogP contribution in [0.25, 0.3) is 0 Å². The Balaban J connectivity index is 1.50. The summed E-state index contributed by atoms with van der Waals surface area (Å²) in [4.78, 5) is 89.8. The van der Waals surface area contributed by atoms with E-state index in [2.05, 4.69) is 41.2 Å². The number of hydrogen-bond acceptors (Lipinski definition) is 12. The third kappa shape index (κ3) is 12.2. The van der Waals surface area contributed by atoms with Crippen molar-refractivity contribution < 1.29 is 39.0 Å². The van der Waals surface area contributed by atoms with Crippen molar-refractivity contribution >= 4 is 58.7 Å². The molecule has 262 valence electrons. The first-order valence-corrected chi connectivity index (χ1v) is 15.2. The molecule has 2 aromatic rings. The number of nitrogens with zero attached hydrogens (tertiary/aromatic N) is 4. The molecule has 1 aliphatic heterocycles. The highest BCUT2D eigenvalue weighted by molar-refractivity contribution is 6.13. The molecule has 0 saturated carbocycles. The SMILES string of the molecule is CC(CCCN=C(N)N)NC(=O)C(CC(=O)O)NC(=O)CCC(NC(=O)c1ccc(NCc2cnc3c(n2)C(=O)CC(N)=N3)cc1)C(=O)O. The lowest BCUT2D eigenvalue weighted by Crippen LogP contribution is -2.50. The van der Waals surface area contributed by atoms with Crippen molar-refractivity contribution in [1.82, 2.24) is 25.9 Å². The molecule has 3 rings (SSSR count). The number of benzene rings is 1. The third-order valence-electron chi connectivity index (χ3n) is 7.05. The van der Waals surface area contributed by atoms with Gasteiger partial charge < -0.3 is 48.7 Å². The maximum Gasteiger partial charge on any atom is 0.326 e. The van der Waals surface area contributed by atoms with Gasteiger partial charge in [0.1, 0.15) is 17.9 Å². The van der Waals surface area contributed by atoms with Crippen molar-refractivity contribution in [2.75, 3.05) is 11.9 Å². The normalized spacial score (nSPS) is 13.8. The molecule has 1 aliphatic rings. The van der Waals surface area contributed by atoms with Crippen LogP contribution in [0, 0.1) is 0 Å². The summed E-state index contributed by atoms with van der Waals surface area (Å²) in [6.07, 6.45) is 0.989. The molecule has 0 spiro atoms. The molecule has 3 atom stereocenters. The molecule has 0 radical (unpaired) electrons. The van der Waals surface area contributed by atoms with E-state index in [0.29, 0.717) is 30.8 Å². The number of guanidine groups is 1. The lowest BCUT2D eigenvalue weighted by Gasteiger charge is -2.21. The number of rotatable bonds is 18. The number of aliphatic imine (C=N–C) groups is 2. The van der Waals surface area contributed by atoms with Crippen molar-refractivity contribution in [3.05, 3.63) is 47.4 Å². The fourth-order valence-electron chi connectivity index (χ4n) is 4.58. The first-order valence-electron chi connectivity index (χ1n) is 15.2. The van der Waals surface area contributed by atoms with Gasteiger partial charge in [0, 0.05) is 30.3 Å². The zero-order valence-electron chi connectivity index (χ0n) is 26.6. The molecular weight excluding hydrogens is 642 g/mol. The lowest BCUT2D eigenvalue weighted by atomic mass is 10.1. The zero-order valence-corrected chi connectivity index (χ0v) is 26.6. The van der Waals surface area contributed by atoms with Crippen molar-refractivity contribution in [2.45, 2.75) is 70.1 Å². The Kier molecular flexibility index (Phi) is 13.5. The fraction of sp³-hybridized carbons (Fsp3) is 0.400. The van der Waals surface area contributed by atoms with E-state index in [4.69, 9.17) is 17.2 Å². The van der Waals surface area contributed by atoms with Gasteiger partial charge >= 0.3 is 11.9 Å². The van der Waals surface area contributed by atoms with Gasteiger partial charge in [0.2, 0.25) is 11.8 Å². The van der Waals surface area contributed by atoms with E-state index < -0.39 is 54.6 Å². The van der Waals surface area contributed by atoms with Crippen molar-refractivity contribution in [3.8, 4) is 0 Å². The number of nitrogens with one attached hydrogen (secondary N) is 4. The average molecular weight is 682 g/mol. The van der Waals surface area contributed by atoms with Crippen molar-refractivity contribution in [3.63, 3.8) is 0 Å². The van der Waals surface area contributed by atoms with Gasteiger partial charge in [0.25, 0.3) is 5.91 Å². The Bertz CT molecular complexity index is 1620. The van der Waals surface area contributed by atoms with Crippen LogP contribution in [0.5, 0.6) is 0 Å². The number of Topliss-reactive ketones (excluding diaryl/α,β-unsaturated/α-hetero) is 1. The Morgan fingerprint density at radius 3 is 2.37 bits per heavy atom. The summed E-state index contributed by atoms with van der Waals surface area (Å²) in [5, 5.41) is 29.3. The zero-order chi connectivity index (χ0) is 36.1. The summed E-state index contributed by atoms with van der Waals surface area (Å²) < 4.78 is 0. The summed E-state index contributed by atoms with van der Waals surface area (Å²) >= 11 is 0. The van der Waals surface area contributed by atoms with E-state index in [1.807, 2.05) is 0 Å². The van der Waals surface area contributed by atoms with Crippen LogP contribution in [-0.4, -0.2) is 92.1 Å². The molecule has 1 aromatic carbocycles. The fourth-order valence-corrected chi connectivity index (χ4v) is 4.58. The van der Waals surface area contributed by atoms with Gasteiger partial charge in [-0.05, 0) is 50.5 Å². The number of carboxylic acid groups (broad SMARTS) is 2. The van der Waals surface area contributed by atoms with Crippen LogP contribution in [-0.2, 0) is 25.7 Å². The number of amidine groups is 1. The summed E-state index contributed by atoms with van der Waals surface area (Å²) in [7, 11) is 0. The minimum atomic E-state index is -1.46. The predicted molar refractivity (Wildman–Crippen MR) is 176 cm³/mol. The number of ketones is 1. The van der Waals surface area contributed by atoms with Gasteiger partial charge in [-0.3, -0.25) is 29.0 Å². The summed E-state index contributed by atoms with van der Waals surface area (Å²) in [6, 6.07) is 2.83. The third-order valence-corrected chi connectivity index (χ3v) is 7.05. The number of aliphatic carboxylic acids is 2. The van der Waals surface area contributed by atoms with Gasteiger partial charge in [-0.1, -0.05) is 0 Å². The number of carboxylic acids is 2. The highest BCUT2D eigenvalue weighted by atomic mass is 16.4. The van der Waals surface area contributed by atoms with E-state index in [9.17, 15) is 39.0 Å². The number of anilines is 1. The Morgan fingerprint density at radius 2 is 1.71 bits per heavy atom. The van der Waals surface area contributed by atoms with Gasteiger partial charge in [0.15, 0.2) is 23.3 Å². The Morgan fingerprint density at radius 1 is 1.00 bits per heavy atom. The van der Waals surface area contributed by atoms with Crippen LogP contribution in [0.2, 0.25) is 0 Å².